The number of para-hydroxylation sites is 1. The monoisotopic (exact) mass is 288 g/mol. The first kappa shape index (κ1) is 11.7. The minimum atomic E-state index is -1.34. The molecule has 0 bridgehead atoms. The van der Waals surface area contributed by atoms with Crippen LogP contribution >= 0.6 is 34.8 Å². The van der Waals surface area contributed by atoms with Crippen molar-refractivity contribution in [2.45, 2.75) is 16.3 Å². The Morgan fingerprint density at radius 3 is 2.71 bits per heavy atom. The van der Waals surface area contributed by atoms with Gasteiger partial charge in [-0.2, -0.15) is 0 Å². The number of fused-ring (bicyclic) bond motifs is 3. The minimum Gasteiger partial charge on any atom is -0.357 e. The zero-order chi connectivity index (χ0) is 12.0. The maximum atomic E-state index is 6.02. The van der Waals surface area contributed by atoms with E-state index in [9.17, 15) is 0 Å². The van der Waals surface area contributed by atoms with E-state index in [0.29, 0.717) is 0 Å². The van der Waals surface area contributed by atoms with Gasteiger partial charge in [0.1, 0.15) is 0 Å². The number of halogens is 3. The van der Waals surface area contributed by atoms with Crippen LogP contribution in [0.5, 0.6) is 0 Å². The van der Waals surface area contributed by atoms with Gasteiger partial charge < -0.3 is 10.3 Å². The van der Waals surface area contributed by atoms with E-state index in [1.807, 2.05) is 18.2 Å². The lowest BCUT2D eigenvalue weighted by atomic mass is 10.00. The fraction of sp³-hybridized carbons (Fsp3) is 0.333. The summed E-state index contributed by atoms with van der Waals surface area (Å²) in [5, 5.41) is 4.47. The lowest BCUT2D eigenvalue weighted by Gasteiger charge is -2.29. The van der Waals surface area contributed by atoms with Gasteiger partial charge in [0.2, 0.25) is 3.79 Å². The summed E-state index contributed by atoms with van der Waals surface area (Å²) < 4.78 is -1.34. The lowest BCUT2D eigenvalue weighted by molar-refractivity contribution is 0.504. The molecule has 0 fully saturated rings. The highest BCUT2D eigenvalue weighted by Gasteiger charge is 2.38. The molecule has 0 aliphatic carbocycles. The first-order valence-electron chi connectivity index (χ1n) is 5.47. The normalized spacial score (nSPS) is 20.5. The van der Waals surface area contributed by atoms with Crippen LogP contribution < -0.4 is 5.32 Å². The number of alkyl halides is 3. The molecule has 2 heterocycles. The van der Waals surface area contributed by atoms with Crippen molar-refractivity contribution in [2.75, 3.05) is 6.54 Å². The summed E-state index contributed by atoms with van der Waals surface area (Å²) >= 11 is 18.0. The van der Waals surface area contributed by atoms with Crippen LogP contribution in [0.1, 0.15) is 17.3 Å². The Balaban J connectivity index is 2.21. The van der Waals surface area contributed by atoms with Gasteiger partial charge in [0.05, 0.1) is 6.04 Å². The molecule has 2 N–H and O–H groups in total. The second-order valence-corrected chi connectivity index (χ2v) is 6.61. The zero-order valence-electron chi connectivity index (χ0n) is 8.93. The van der Waals surface area contributed by atoms with Crippen molar-refractivity contribution < 1.29 is 0 Å². The number of benzene rings is 1. The van der Waals surface area contributed by atoms with Gasteiger partial charge in [-0.3, -0.25) is 0 Å². The molecule has 1 aromatic carbocycles. The van der Waals surface area contributed by atoms with Crippen LogP contribution in [0.15, 0.2) is 24.3 Å². The third kappa shape index (κ3) is 1.93. The summed E-state index contributed by atoms with van der Waals surface area (Å²) in [6.45, 7) is 0.827. The minimum absolute atomic E-state index is 0.274. The quantitative estimate of drug-likeness (QED) is 0.711. The molecule has 1 aliphatic heterocycles. The Bertz CT molecular complexity index is 556. The molecule has 90 valence electrons. The Hall–Kier alpha value is -0.410. The number of hydrogen-bond donors (Lipinski definition) is 2. The molecule has 2 aromatic rings. The summed E-state index contributed by atoms with van der Waals surface area (Å²) in [4.78, 5) is 3.36. The Labute approximate surface area is 114 Å². The molecule has 1 aliphatic rings. The topological polar surface area (TPSA) is 27.8 Å². The largest absolute Gasteiger partial charge is 0.357 e. The molecular weight excluding hydrogens is 279 g/mol. The molecular formula is C12H11Cl3N2. The van der Waals surface area contributed by atoms with E-state index in [1.54, 1.807) is 0 Å². The number of aromatic nitrogens is 1. The summed E-state index contributed by atoms with van der Waals surface area (Å²) in [7, 11) is 0. The molecule has 0 saturated carbocycles. The van der Waals surface area contributed by atoms with E-state index in [4.69, 9.17) is 34.8 Å². The van der Waals surface area contributed by atoms with Crippen LogP contribution in [0.2, 0.25) is 0 Å². The van der Waals surface area contributed by atoms with Crippen molar-refractivity contribution in [3.8, 4) is 0 Å². The molecule has 0 unspecified atom stereocenters. The second-order valence-electron chi connectivity index (χ2n) is 4.24. The fourth-order valence-electron chi connectivity index (χ4n) is 2.46. The SMILES string of the molecule is ClC(Cl)(Cl)[C@H]1NCCc2c1[nH]c1ccccc21. The van der Waals surface area contributed by atoms with Crippen LogP contribution in [0.4, 0.5) is 0 Å². The highest BCUT2D eigenvalue weighted by atomic mass is 35.6. The van der Waals surface area contributed by atoms with Crippen molar-refractivity contribution in [2.24, 2.45) is 0 Å². The maximum Gasteiger partial charge on any atom is 0.211 e. The molecule has 1 atom stereocenters. The standard InChI is InChI=1S/C12H11Cl3N2/c13-12(14,15)11-10-8(5-6-16-11)7-3-1-2-4-9(7)17-10/h1-4,11,16-17H,5-6H2/t11-/m0/s1. The summed E-state index contributed by atoms with van der Waals surface area (Å²) in [5.41, 5.74) is 3.36. The molecule has 1 aromatic heterocycles. The number of nitrogens with one attached hydrogen (secondary N) is 2. The van der Waals surface area contributed by atoms with Crippen LogP contribution in [0.25, 0.3) is 10.9 Å². The van der Waals surface area contributed by atoms with Crippen molar-refractivity contribution in [1.82, 2.24) is 10.3 Å². The molecule has 17 heavy (non-hydrogen) atoms. The number of H-pyrrole nitrogens is 1. The molecule has 0 spiro atoms. The predicted octanol–water partition coefficient (Wildman–Crippen LogP) is 3.72. The van der Waals surface area contributed by atoms with Gasteiger partial charge >= 0.3 is 0 Å². The smallest absolute Gasteiger partial charge is 0.211 e. The van der Waals surface area contributed by atoms with Gasteiger partial charge in [-0.25, -0.2) is 0 Å². The van der Waals surface area contributed by atoms with E-state index < -0.39 is 3.79 Å². The van der Waals surface area contributed by atoms with Crippen molar-refractivity contribution in [3.05, 3.63) is 35.5 Å². The molecule has 0 amide bonds. The first-order chi connectivity index (χ1) is 8.07. The first-order valence-corrected chi connectivity index (χ1v) is 6.60. The van der Waals surface area contributed by atoms with Crippen molar-refractivity contribution in [3.63, 3.8) is 0 Å². The van der Waals surface area contributed by atoms with Gasteiger partial charge in [0.25, 0.3) is 0 Å². The third-order valence-corrected chi connectivity index (χ3v) is 3.84. The Morgan fingerprint density at radius 1 is 1.18 bits per heavy atom. The highest BCUT2D eigenvalue weighted by Crippen LogP contribution is 2.43. The van der Waals surface area contributed by atoms with Gasteiger partial charge in [-0.05, 0) is 18.1 Å². The fourth-order valence-corrected chi connectivity index (χ4v) is 3.02. The Kier molecular flexibility index (Phi) is 2.79. The average Bonchev–Trinajstić information content (AvgIpc) is 2.65. The third-order valence-electron chi connectivity index (χ3n) is 3.19. The summed E-state index contributed by atoms with van der Waals surface area (Å²) in [6, 6.07) is 7.91. The molecule has 3 rings (SSSR count). The van der Waals surface area contributed by atoms with E-state index in [-0.39, 0.29) is 6.04 Å². The van der Waals surface area contributed by atoms with E-state index in [0.717, 1.165) is 24.2 Å². The summed E-state index contributed by atoms with van der Waals surface area (Å²) in [6.07, 6.45) is 0.955. The van der Waals surface area contributed by atoms with Crippen molar-refractivity contribution in [1.29, 1.82) is 0 Å². The maximum absolute atomic E-state index is 6.02. The predicted molar refractivity (Wildman–Crippen MR) is 73.0 cm³/mol. The van der Waals surface area contributed by atoms with E-state index >= 15 is 0 Å². The summed E-state index contributed by atoms with van der Waals surface area (Å²) in [5.74, 6) is 0. The van der Waals surface area contributed by atoms with Gasteiger partial charge in [-0.15, -0.1) is 0 Å². The van der Waals surface area contributed by atoms with E-state index in [1.165, 1.54) is 10.9 Å². The van der Waals surface area contributed by atoms with Crippen LogP contribution in [-0.2, 0) is 6.42 Å². The molecule has 0 saturated heterocycles. The van der Waals surface area contributed by atoms with E-state index in [2.05, 4.69) is 16.4 Å². The van der Waals surface area contributed by atoms with Crippen LogP contribution in [0, 0.1) is 0 Å². The van der Waals surface area contributed by atoms with Crippen LogP contribution in [0.3, 0.4) is 0 Å². The second kappa shape index (κ2) is 4.06. The molecule has 5 heteroatoms. The number of aromatic amines is 1. The highest BCUT2D eigenvalue weighted by molar-refractivity contribution is 6.68. The van der Waals surface area contributed by atoms with Gasteiger partial charge in [0, 0.05) is 23.1 Å². The zero-order valence-corrected chi connectivity index (χ0v) is 11.2. The van der Waals surface area contributed by atoms with Gasteiger partial charge in [-0.1, -0.05) is 53.0 Å². The van der Waals surface area contributed by atoms with Crippen LogP contribution in [-0.4, -0.2) is 15.3 Å². The average molecular weight is 290 g/mol. The number of hydrogen-bond acceptors (Lipinski definition) is 1. The molecule has 2 nitrogen and oxygen atoms in total. The molecule has 0 radical (unpaired) electrons. The lowest BCUT2D eigenvalue weighted by Crippen LogP contribution is -2.37. The Morgan fingerprint density at radius 2 is 1.94 bits per heavy atom. The van der Waals surface area contributed by atoms with Gasteiger partial charge in [0.15, 0.2) is 0 Å². The number of rotatable bonds is 0. The van der Waals surface area contributed by atoms with Crippen molar-refractivity contribution >= 4 is 45.7 Å².